The van der Waals surface area contributed by atoms with Crippen LogP contribution in [0.15, 0.2) is 48.5 Å². The van der Waals surface area contributed by atoms with E-state index in [0.717, 1.165) is 49.7 Å². The molecule has 1 saturated heterocycles. The lowest BCUT2D eigenvalue weighted by Crippen LogP contribution is -2.48. The Bertz CT molecular complexity index is 691. The van der Waals surface area contributed by atoms with Crippen molar-refractivity contribution in [3.05, 3.63) is 70.2 Å². The van der Waals surface area contributed by atoms with Gasteiger partial charge in [0.05, 0.1) is 0 Å². The monoisotopic (exact) mass is 342 g/mol. The molecule has 1 heterocycles. The fourth-order valence-corrected chi connectivity index (χ4v) is 3.28. The van der Waals surface area contributed by atoms with Crippen LogP contribution < -0.4 is 0 Å². The van der Waals surface area contributed by atoms with Crippen LogP contribution in [0.2, 0.25) is 5.02 Å². The van der Waals surface area contributed by atoms with Crippen molar-refractivity contribution in [2.45, 2.75) is 19.9 Å². The first-order valence-corrected chi connectivity index (χ1v) is 8.88. The molecule has 3 nitrogen and oxygen atoms in total. The molecule has 0 bridgehead atoms. The molecule has 0 saturated carbocycles. The fraction of sp³-hybridized carbons (Fsp3) is 0.350. The number of piperazine rings is 1. The maximum absolute atomic E-state index is 12.6. The zero-order chi connectivity index (χ0) is 16.9. The van der Waals surface area contributed by atoms with Crippen LogP contribution in [-0.2, 0) is 13.0 Å². The van der Waals surface area contributed by atoms with Gasteiger partial charge in [-0.3, -0.25) is 9.69 Å². The lowest BCUT2D eigenvalue weighted by atomic mass is 10.1. The van der Waals surface area contributed by atoms with Crippen LogP contribution in [0.4, 0.5) is 0 Å². The quantitative estimate of drug-likeness (QED) is 0.842. The minimum Gasteiger partial charge on any atom is -0.336 e. The molecule has 0 unspecified atom stereocenters. The number of nitrogens with zero attached hydrogens (tertiary/aromatic N) is 2. The van der Waals surface area contributed by atoms with Gasteiger partial charge >= 0.3 is 0 Å². The van der Waals surface area contributed by atoms with Gasteiger partial charge in [0.2, 0.25) is 0 Å². The molecule has 3 rings (SSSR count). The van der Waals surface area contributed by atoms with Gasteiger partial charge in [-0.2, -0.15) is 0 Å². The summed E-state index contributed by atoms with van der Waals surface area (Å²) >= 11 is 6.05. The Balaban J connectivity index is 1.55. The van der Waals surface area contributed by atoms with E-state index in [2.05, 4.69) is 17.9 Å². The predicted octanol–water partition coefficient (Wildman–Crippen LogP) is 3.86. The van der Waals surface area contributed by atoms with Gasteiger partial charge in [0.25, 0.3) is 5.91 Å². The normalized spacial score (nSPS) is 15.5. The van der Waals surface area contributed by atoms with Gasteiger partial charge in [-0.05, 0) is 41.8 Å². The average molecular weight is 343 g/mol. The molecule has 0 N–H and O–H groups in total. The smallest absolute Gasteiger partial charge is 0.253 e. The molecule has 24 heavy (non-hydrogen) atoms. The second kappa shape index (κ2) is 7.82. The average Bonchev–Trinajstić information content (AvgIpc) is 2.62. The van der Waals surface area contributed by atoms with Gasteiger partial charge in [-0.25, -0.2) is 0 Å². The standard InChI is InChI=1S/C20H23ClN2O/c1-2-16-6-8-18(9-7-16)20(24)23-12-10-22(11-13-23)15-17-4-3-5-19(21)14-17/h3-9,14H,2,10-13,15H2,1H3. The second-order valence-corrected chi connectivity index (χ2v) is 6.69. The van der Waals surface area contributed by atoms with Crippen molar-refractivity contribution >= 4 is 17.5 Å². The maximum Gasteiger partial charge on any atom is 0.253 e. The van der Waals surface area contributed by atoms with Crippen molar-refractivity contribution in [2.75, 3.05) is 26.2 Å². The number of hydrogen-bond donors (Lipinski definition) is 0. The Morgan fingerprint density at radius 1 is 1.00 bits per heavy atom. The van der Waals surface area contributed by atoms with Gasteiger partial charge in [0, 0.05) is 43.3 Å². The molecule has 0 radical (unpaired) electrons. The third-order valence-electron chi connectivity index (χ3n) is 4.56. The largest absolute Gasteiger partial charge is 0.336 e. The highest BCUT2D eigenvalue weighted by Crippen LogP contribution is 2.15. The number of rotatable bonds is 4. The number of halogens is 1. The molecule has 2 aromatic carbocycles. The lowest BCUT2D eigenvalue weighted by Gasteiger charge is -2.34. The molecule has 1 fully saturated rings. The Morgan fingerprint density at radius 3 is 2.33 bits per heavy atom. The Morgan fingerprint density at radius 2 is 1.71 bits per heavy atom. The summed E-state index contributed by atoms with van der Waals surface area (Å²) in [4.78, 5) is 16.9. The highest BCUT2D eigenvalue weighted by molar-refractivity contribution is 6.30. The second-order valence-electron chi connectivity index (χ2n) is 6.25. The number of carbonyl (C=O) groups excluding carboxylic acids is 1. The lowest BCUT2D eigenvalue weighted by molar-refractivity contribution is 0.0628. The van der Waals surface area contributed by atoms with E-state index >= 15 is 0 Å². The number of benzene rings is 2. The SMILES string of the molecule is CCc1ccc(C(=O)N2CCN(Cc3cccc(Cl)c3)CC2)cc1. The van der Waals surface area contributed by atoms with Crippen LogP contribution >= 0.6 is 11.6 Å². The first-order chi connectivity index (χ1) is 11.7. The molecule has 1 aliphatic rings. The van der Waals surface area contributed by atoms with Crippen LogP contribution in [0, 0.1) is 0 Å². The highest BCUT2D eigenvalue weighted by Gasteiger charge is 2.22. The number of carbonyl (C=O) groups is 1. The Hall–Kier alpha value is -1.84. The van der Waals surface area contributed by atoms with Gasteiger partial charge in [0.15, 0.2) is 0 Å². The first-order valence-electron chi connectivity index (χ1n) is 8.50. The van der Waals surface area contributed by atoms with Gasteiger partial charge in [-0.15, -0.1) is 0 Å². The van der Waals surface area contributed by atoms with Crippen LogP contribution in [-0.4, -0.2) is 41.9 Å². The molecular formula is C20H23ClN2O. The van der Waals surface area contributed by atoms with E-state index in [0.29, 0.717) is 0 Å². The third kappa shape index (κ3) is 4.16. The van der Waals surface area contributed by atoms with E-state index in [4.69, 9.17) is 11.6 Å². The third-order valence-corrected chi connectivity index (χ3v) is 4.80. The summed E-state index contributed by atoms with van der Waals surface area (Å²) < 4.78 is 0. The minimum atomic E-state index is 0.139. The van der Waals surface area contributed by atoms with Crippen LogP contribution in [0.3, 0.4) is 0 Å². The van der Waals surface area contributed by atoms with Crippen LogP contribution in [0.5, 0.6) is 0 Å². The molecule has 126 valence electrons. The van der Waals surface area contributed by atoms with E-state index < -0.39 is 0 Å². The van der Waals surface area contributed by atoms with Crippen molar-refractivity contribution in [3.63, 3.8) is 0 Å². The van der Waals surface area contributed by atoms with Crippen molar-refractivity contribution in [1.82, 2.24) is 9.80 Å². The summed E-state index contributed by atoms with van der Waals surface area (Å²) in [5.41, 5.74) is 3.27. The molecule has 0 aliphatic carbocycles. The summed E-state index contributed by atoms with van der Waals surface area (Å²) in [6.45, 7) is 6.34. The van der Waals surface area contributed by atoms with Crippen LogP contribution in [0.25, 0.3) is 0 Å². The fourth-order valence-electron chi connectivity index (χ4n) is 3.07. The molecule has 2 aromatic rings. The molecule has 1 aliphatic heterocycles. The van der Waals surface area contributed by atoms with Crippen molar-refractivity contribution in [1.29, 1.82) is 0 Å². The topological polar surface area (TPSA) is 23.6 Å². The first kappa shape index (κ1) is 17.0. The molecule has 0 aromatic heterocycles. The summed E-state index contributed by atoms with van der Waals surface area (Å²) in [5, 5.41) is 0.775. The summed E-state index contributed by atoms with van der Waals surface area (Å²) in [7, 11) is 0. The molecule has 1 amide bonds. The zero-order valence-electron chi connectivity index (χ0n) is 14.0. The predicted molar refractivity (Wildman–Crippen MR) is 98.5 cm³/mol. The van der Waals surface area contributed by atoms with E-state index in [9.17, 15) is 4.79 Å². The number of hydrogen-bond acceptors (Lipinski definition) is 2. The summed E-state index contributed by atoms with van der Waals surface area (Å²) in [5.74, 6) is 0.139. The van der Waals surface area contributed by atoms with Gasteiger partial charge < -0.3 is 4.90 Å². The Kier molecular flexibility index (Phi) is 5.54. The number of aryl methyl sites for hydroxylation is 1. The minimum absolute atomic E-state index is 0.139. The van der Waals surface area contributed by atoms with Gasteiger partial charge in [-0.1, -0.05) is 42.8 Å². The number of amides is 1. The Labute approximate surface area is 148 Å². The van der Waals surface area contributed by atoms with Crippen molar-refractivity contribution in [2.24, 2.45) is 0 Å². The van der Waals surface area contributed by atoms with Crippen LogP contribution in [0.1, 0.15) is 28.4 Å². The van der Waals surface area contributed by atoms with E-state index in [-0.39, 0.29) is 5.91 Å². The maximum atomic E-state index is 12.6. The summed E-state index contributed by atoms with van der Waals surface area (Å²) in [6, 6.07) is 16.0. The molecule has 4 heteroatoms. The van der Waals surface area contributed by atoms with E-state index in [1.165, 1.54) is 11.1 Å². The molecule has 0 spiro atoms. The highest BCUT2D eigenvalue weighted by atomic mass is 35.5. The van der Waals surface area contributed by atoms with E-state index in [1.54, 1.807) is 0 Å². The van der Waals surface area contributed by atoms with E-state index in [1.807, 2.05) is 47.4 Å². The zero-order valence-corrected chi connectivity index (χ0v) is 14.8. The van der Waals surface area contributed by atoms with Gasteiger partial charge in [0.1, 0.15) is 0 Å². The molecular weight excluding hydrogens is 320 g/mol. The molecule has 0 atom stereocenters. The van der Waals surface area contributed by atoms with Crippen molar-refractivity contribution < 1.29 is 4.79 Å². The van der Waals surface area contributed by atoms with Crippen molar-refractivity contribution in [3.8, 4) is 0 Å². The summed E-state index contributed by atoms with van der Waals surface area (Å²) in [6.07, 6.45) is 0.997.